The van der Waals surface area contributed by atoms with Gasteiger partial charge in [-0.2, -0.15) is 23.8 Å². The second kappa shape index (κ2) is 8.25. The van der Waals surface area contributed by atoms with Gasteiger partial charge in [-0.05, 0) is 23.1 Å². The van der Waals surface area contributed by atoms with Gasteiger partial charge in [0.25, 0.3) is 5.91 Å². The molecule has 2 rings (SSSR count). The molecular formula is C16H14F3N3O5. The van der Waals surface area contributed by atoms with Gasteiger partial charge in [-0.1, -0.05) is 12.1 Å². The molecule has 0 aliphatic carbocycles. The van der Waals surface area contributed by atoms with E-state index in [4.69, 9.17) is 15.3 Å². The van der Waals surface area contributed by atoms with E-state index in [-0.39, 0.29) is 5.75 Å². The van der Waals surface area contributed by atoms with E-state index in [1.165, 1.54) is 24.9 Å². The van der Waals surface area contributed by atoms with Crippen LogP contribution in [-0.4, -0.2) is 38.0 Å². The predicted molar refractivity (Wildman–Crippen MR) is 88.1 cm³/mol. The molecule has 0 atom stereocenters. The number of carbonyl (C=O) groups excluding carboxylic acids is 2. The van der Waals surface area contributed by atoms with Crippen molar-refractivity contribution < 1.29 is 37.1 Å². The van der Waals surface area contributed by atoms with Gasteiger partial charge in [-0.25, -0.2) is 4.79 Å². The first-order valence-electron chi connectivity index (χ1n) is 7.29. The quantitative estimate of drug-likeness (QED) is 0.460. The molecule has 0 heterocycles. The van der Waals surface area contributed by atoms with Gasteiger partial charge < -0.3 is 20.2 Å². The van der Waals surface area contributed by atoms with E-state index >= 15 is 0 Å². The lowest BCUT2D eigenvalue weighted by Crippen LogP contribution is -2.36. The molecule has 0 aliphatic rings. The van der Waals surface area contributed by atoms with Crippen molar-refractivity contribution in [3.63, 3.8) is 0 Å². The zero-order chi connectivity index (χ0) is 20.0. The van der Waals surface area contributed by atoms with Gasteiger partial charge in [-0.15, -0.1) is 0 Å². The van der Waals surface area contributed by atoms with Crippen LogP contribution in [0.5, 0.6) is 11.5 Å². The third kappa shape index (κ3) is 5.23. The molecule has 27 heavy (non-hydrogen) atoms. The van der Waals surface area contributed by atoms with Crippen LogP contribution in [0.1, 0.15) is 5.56 Å². The van der Waals surface area contributed by atoms with E-state index in [9.17, 15) is 22.8 Å². The number of halogens is 3. The summed E-state index contributed by atoms with van der Waals surface area (Å²) >= 11 is 0. The summed E-state index contributed by atoms with van der Waals surface area (Å²) in [6, 6.07) is 8.37. The first kappa shape index (κ1) is 19.8. The van der Waals surface area contributed by atoms with Crippen LogP contribution in [0.15, 0.2) is 35.4 Å². The number of nitrogens with two attached hydrogens (primary N) is 1. The Bertz CT molecular complexity index is 883. The molecule has 0 radical (unpaired) electrons. The summed E-state index contributed by atoms with van der Waals surface area (Å²) in [4.78, 5) is 25.8. The monoisotopic (exact) mass is 385 g/mol. The predicted octanol–water partition coefficient (Wildman–Crippen LogP) is 1.66. The Hall–Kier alpha value is -3.50. The summed E-state index contributed by atoms with van der Waals surface area (Å²) in [5.41, 5.74) is 2.02. The van der Waals surface area contributed by atoms with Crippen molar-refractivity contribution in [2.75, 3.05) is 13.7 Å². The normalized spacial score (nSPS) is 11.4. The number of hydrogen-bond donors (Lipinski definition) is 2. The van der Waals surface area contributed by atoms with Crippen LogP contribution in [-0.2, 0) is 14.4 Å². The summed E-state index contributed by atoms with van der Waals surface area (Å²) in [5, 5.41) is 4.70. The number of nitrogens with one attached hydrogen (secondary N) is 1. The number of methoxy groups -OCH3 is 1. The number of carbonyl (C=O) groups is 2. The molecule has 0 unspecified atom stereocenters. The number of nitrogens with zero attached hydrogens (tertiary/aromatic N) is 1. The molecule has 1 amide bonds. The van der Waals surface area contributed by atoms with Gasteiger partial charge in [0.2, 0.25) is 0 Å². The van der Waals surface area contributed by atoms with Crippen LogP contribution in [0.4, 0.5) is 13.2 Å². The molecule has 0 fully saturated rings. The maximum atomic E-state index is 12.0. The van der Waals surface area contributed by atoms with Gasteiger partial charge in [-0.3, -0.25) is 4.79 Å². The molecule has 3 N–H and O–H groups in total. The number of benzene rings is 2. The molecule has 0 saturated heterocycles. The Morgan fingerprint density at radius 3 is 2.63 bits per heavy atom. The van der Waals surface area contributed by atoms with Gasteiger partial charge in [0, 0.05) is 11.5 Å². The van der Waals surface area contributed by atoms with E-state index in [2.05, 4.69) is 9.94 Å². The summed E-state index contributed by atoms with van der Waals surface area (Å²) in [6.07, 6.45) is -3.82. The molecule has 144 valence electrons. The Morgan fingerprint density at radius 1 is 1.26 bits per heavy atom. The van der Waals surface area contributed by atoms with Crippen LogP contribution in [0.2, 0.25) is 0 Å². The minimum absolute atomic E-state index is 0.217. The molecule has 0 aromatic heterocycles. The molecule has 0 aliphatic heterocycles. The zero-order valence-corrected chi connectivity index (χ0v) is 13.9. The van der Waals surface area contributed by atoms with Crippen LogP contribution >= 0.6 is 0 Å². The number of hydroxylamine groups is 1. The Balaban J connectivity index is 2.15. The number of rotatable bonds is 5. The number of ether oxygens (including phenoxy) is 2. The summed E-state index contributed by atoms with van der Waals surface area (Å²) < 4.78 is 46.5. The second-order valence-corrected chi connectivity index (χ2v) is 5.09. The molecule has 0 bridgehead atoms. The van der Waals surface area contributed by atoms with Crippen molar-refractivity contribution in [1.82, 2.24) is 5.48 Å². The van der Waals surface area contributed by atoms with Crippen molar-refractivity contribution in [2.45, 2.75) is 6.18 Å². The van der Waals surface area contributed by atoms with Crippen molar-refractivity contribution in [1.29, 1.82) is 0 Å². The Morgan fingerprint density at radius 2 is 2.00 bits per heavy atom. The van der Waals surface area contributed by atoms with E-state index < -0.39 is 24.7 Å². The minimum Gasteiger partial charge on any atom is -0.497 e. The van der Waals surface area contributed by atoms with Crippen LogP contribution in [0.25, 0.3) is 10.8 Å². The highest BCUT2D eigenvalue weighted by Crippen LogP contribution is 2.31. The first-order valence-corrected chi connectivity index (χ1v) is 7.29. The molecular weight excluding hydrogens is 371 g/mol. The Kier molecular flexibility index (Phi) is 6.06. The third-order valence-corrected chi connectivity index (χ3v) is 3.22. The lowest BCUT2D eigenvalue weighted by Gasteiger charge is -2.12. The van der Waals surface area contributed by atoms with Crippen LogP contribution < -0.4 is 20.8 Å². The van der Waals surface area contributed by atoms with Crippen LogP contribution in [0.3, 0.4) is 0 Å². The van der Waals surface area contributed by atoms with Crippen molar-refractivity contribution in [3.8, 4) is 11.5 Å². The maximum Gasteiger partial charge on any atom is 0.493 e. The van der Waals surface area contributed by atoms with Crippen LogP contribution in [0, 0.1) is 0 Å². The zero-order valence-electron chi connectivity index (χ0n) is 13.9. The third-order valence-electron chi connectivity index (χ3n) is 3.22. The number of alkyl halides is 3. The van der Waals surface area contributed by atoms with Crippen molar-refractivity contribution in [2.24, 2.45) is 10.9 Å². The summed E-state index contributed by atoms with van der Waals surface area (Å²) in [7, 11) is 1.43. The fourth-order valence-electron chi connectivity index (χ4n) is 2.05. The van der Waals surface area contributed by atoms with E-state index in [1.54, 1.807) is 24.3 Å². The van der Waals surface area contributed by atoms with Gasteiger partial charge >= 0.3 is 12.1 Å². The van der Waals surface area contributed by atoms with E-state index in [1.807, 2.05) is 0 Å². The van der Waals surface area contributed by atoms with Gasteiger partial charge in [0.1, 0.15) is 11.5 Å². The lowest BCUT2D eigenvalue weighted by atomic mass is 10.1. The topological polar surface area (TPSA) is 112 Å². The molecule has 0 saturated carbocycles. The van der Waals surface area contributed by atoms with E-state index in [0.717, 1.165) is 0 Å². The van der Waals surface area contributed by atoms with Gasteiger partial charge in [0.05, 0.1) is 13.3 Å². The van der Waals surface area contributed by atoms with Crippen molar-refractivity contribution >= 4 is 28.9 Å². The number of hydrazone groups is 1. The number of hydrogen-bond acceptors (Lipinski definition) is 7. The molecule has 11 heteroatoms. The standard InChI is InChI=1S/C16H14F3N3O5/c1-25-11-5-10-3-2-9(7-21-20)4-12(10)13(6-11)26-8-14(23)22-27-15(24)16(17,18)19/h2-7H,8,20H2,1H3,(H,22,23)/b21-7+. The maximum absolute atomic E-state index is 12.0. The molecule has 2 aromatic rings. The number of fused-ring (bicyclic) bond motifs is 1. The highest BCUT2D eigenvalue weighted by Gasteiger charge is 2.42. The summed E-state index contributed by atoms with van der Waals surface area (Å²) in [6.45, 7) is -0.706. The molecule has 2 aromatic carbocycles. The fraction of sp³-hybridized carbons (Fsp3) is 0.188. The summed E-state index contributed by atoms with van der Waals surface area (Å²) in [5.74, 6) is 2.13. The second-order valence-electron chi connectivity index (χ2n) is 5.09. The average molecular weight is 385 g/mol. The Labute approximate surface area is 150 Å². The number of amides is 1. The molecule has 0 spiro atoms. The largest absolute Gasteiger partial charge is 0.497 e. The minimum atomic E-state index is -5.22. The first-order chi connectivity index (χ1) is 12.7. The SMILES string of the molecule is COc1cc(OCC(=O)NOC(=O)C(F)(F)F)c2cc(/C=N/N)ccc2c1. The fourth-order valence-corrected chi connectivity index (χ4v) is 2.05. The highest BCUT2D eigenvalue weighted by molar-refractivity contribution is 5.95. The molecule has 8 nitrogen and oxygen atoms in total. The lowest BCUT2D eigenvalue weighted by molar-refractivity contribution is -0.207. The average Bonchev–Trinajstić information content (AvgIpc) is 2.63. The van der Waals surface area contributed by atoms with Crippen molar-refractivity contribution in [3.05, 3.63) is 35.9 Å². The highest BCUT2D eigenvalue weighted by atomic mass is 19.4. The van der Waals surface area contributed by atoms with Gasteiger partial charge in [0.15, 0.2) is 6.61 Å². The van der Waals surface area contributed by atoms with E-state index in [0.29, 0.717) is 22.1 Å². The smallest absolute Gasteiger partial charge is 0.493 e.